The molecule has 2 N–H and O–H groups in total. The molecule has 0 bridgehead atoms. The quantitative estimate of drug-likeness (QED) is 0.553. The number of benzene rings is 2. The standard InChI is InChI=1S/C20H14ClN5/c21-11-13-3-6-15(7-4-13)26-18-10-14(12-22)5-8-17(18)25-20(26)16-2-1-9-24-19(16)23/h1-10H,11H2,(H2,23,24). The summed E-state index contributed by atoms with van der Waals surface area (Å²) in [6.07, 6.45) is 1.65. The molecule has 126 valence electrons. The van der Waals surface area contributed by atoms with Gasteiger partial charge in [0.1, 0.15) is 11.6 Å². The zero-order valence-electron chi connectivity index (χ0n) is 13.7. The Hall–Kier alpha value is -3.36. The molecule has 0 unspecified atom stereocenters. The monoisotopic (exact) mass is 359 g/mol. The lowest BCUT2D eigenvalue weighted by Gasteiger charge is -2.11. The molecule has 4 aromatic rings. The second-order valence-corrected chi connectivity index (χ2v) is 6.09. The van der Waals surface area contributed by atoms with Crippen LogP contribution in [0.3, 0.4) is 0 Å². The van der Waals surface area contributed by atoms with Crippen LogP contribution < -0.4 is 5.73 Å². The molecular weight excluding hydrogens is 346 g/mol. The fourth-order valence-electron chi connectivity index (χ4n) is 2.93. The van der Waals surface area contributed by atoms with Gasteiger partial charge in [0.2, 0.25) is 0 Å². The Morgan fingerprint density at radius 3 is 2.62 bits per heavy atom. The number of nitrogen functional groups attached to an aromatic ring is 1. The number of hydrogen-bond donors (Lipinski definition) is 1. The molecule has 26 heavy (non-hydrogen) atoms. The van der Waals surface area contributed by atoms with Gasteiger partial charge in [-0.25, -0.2) is 9.97 Å². The number of halogens is 1. The molecule has 0 aliphatic rings. The summed E-state index contributed by atoms with van der Waals surface area (Å²) in [6.45, 7) is 0. The van der Waals surface area contributed by atoms with Gasteiger partial charge in [-0.1, -0.05) is 12.1 Å². The fourth-order valence-corrected chi connectivity index (χ4v) is 3.11. The number of imidazole rings is 1. The van der Waals surface area contributed by atoms with E-state index in [-0.39, 0.29) is 0 Å². The van der Waals surface area contributed by atoms with Crippen molar-refractivity contribution in [2.75, 3.05) is 5.73 Å². The lowest BCUT2D eigenvalue weighted by molar-refractivity contribution is 1.09. The number of hydrogen-bond acceptors (Lipinski definition) is 4. The van der Waals surface area contributed by atoms with Crippen molar-refractivity contribution in [1.82, 2.24) is 14.5 Å². The Morgan fingerprint density at radius 1 is 1.12 bits per heavy atom. The van der Waals surface area contributed by atoms with E-state index in [0.717, 1.165) is 27.8 Å². The van der Waals surface area contributed by atoms with Gasteiger partial charge in [0.25, 0.3) is 0 Å². The number of nitrogens with two attached hydrogens (primary N) is 1. The molecule has 4 rings (SSSR count). The van der Waals surface area contributed by atoms with Crippen LogP contribution in [0, 0.1) is 11.3 Å². The third-order valence-corrected chi connectivity index (χ3v) is 4.52. The molecule has 0 atom stereocenters. The maximum absolute atomic E-state index is 9.27. The van der Waals surface area contributed by atoms with Gasteiger partial charge in [0.05, 0.1) is 28.2 Å². The number of nitriles is 1. The zero-order valence-corrected chi connectivity index (χ0v) is 14.5. The topological polar surface area (TPSA) is 80.5 Å². The van der Waals surface area contributed by atoms with E-state index in [9.17, 15) is 5.26 Å². The summed E-state index contributed by atoms with van der Waals surface area (Å²) in [6, 6.07) is 19.2. The maximum atomic E-state index is 9.27. The summed E-state index contributed by atoms with van der Waals surface area (Å²) in [5, 5.41) is 9.27. The molecular formula is C20H14ClN5. The van der Waals surface area contributed by atoms with Crippen LogP contribution in [0.15, 0.2) is 60.8 Å². The van der Waals surface area contributed by atoms with Crippen molar-refractivity contribution < 1.29 is 0 Å². The summed E-state index contributed by atoms with van der Waals surface area (Å²) in [4.78, 5) is 8.92. The van der Waals surface area contributed by atoms with Crippen LogP contribution in [0.1, 0.15) is 11.1 Å². The number of nitrogens with zero attached hydrogens (tertiary/aromatic N) is 4. The number of rotatable bonds is 3. The number of aromatic nitrogens is 3. The fraction of sp³-hybridized carbons (Fsp3) is 0.0500. The van der Waals surface area contributed by atoms with Crippen molar-refractivity contribution >= 4 is 28.5 Å². The molecule has 2 aromatic carbocycles. The SMILES string of the molecule is N#Cc1ccc2nc(-c3cccnc3N)n(-c3ccc(CCl)cc3)c2c1. The van der Waals surface area contributed by atoms with Gasteiger partial charge in [-0.3, -0.25) is 4.57 Å². The van der Waals surface area contributed by atoms with Crippen LogP contribution >= 0.6 is 11.6 Å². The Kier molecular flexibility index (Phi) is 4.04. The third kappa shape index (κ3) is 2.67. The van der Waals surface area contributed by atoms with E-state index in [1.807, 2.05) is 53.1 Å². The van der Waals surface area contributed by atoms with E-state index in [0.29, 0.717) is 23.1 Å². The van der Waals surface area contributed by atoms with Gasteiger partial charge in [-0.15, -0.1) is 11.6 Å². The summed E-state index contributed by atoms with van der Waals surface area (Å²) in [5.41, 5.74) is 11.0. The molecule has 0 radical (unpaired) electrons. The smallest absolute Gasteiger partial charge is 0.149 e. The van der Waals surface area contributed by atoms with Crippen molar-refractivity contribution in [2.24, 2.45) is 0 Å². The largest absolute Gasteiger partial charge is 0.383 e. The molecule has 2 aromatic heterocycles. The van der Waals surface area contributed by atoms with Crippen LogP contribution in [0.4, 0.5) is 5.82 Å². The number of anilines is 1. The van der Waals surface area contributed by atoms with Crippen molar-refractivity contribution in [3.63, 3.8) is 0 Å². The van der Waals surface area contributed by atoms with Crippen molar-refractivity contribution in [2.45, 2.75) is 5.88 Å². The molecule has 0 spiro atoms. The van der Waals surface area contributed by atoms with Gasteiger partial charge < -0.3 is 5.73 Å². The molecule has 6 heteroatoms. The van der Waals surface area contributed by atoms with Crippen LogP contribution in [0.25, 0.3) is 28.1 Å². The number of pyridine rings is 1. The predicted molar refractivity (Wildman–Crippen MR) is 103 cm³/mol. The van der Waals surface area contributed by atoms with E-state index in [1.54, 1.807) is 12.3 Å². The van der Waals surface area contributed by atoms with E-state index in [2.05, 4.69) is 11.1 Å². The maximum Gasteiger partial charge on any atom is 0.149 e. The highest BCUT2D eigenvalue weighted by Crippen LogP contribution is 2.31. The van der Waals surface area contributed by atoms with Crippen molar-refractivity contribution in [3.05, 3.63) is 71.9 Å². The van der Waals surface area contributed by atoms with Crippen LogP contribution in [0.5, 0.6) is 0 Å². The molecule has 0 fully saturated rings. The van der Waals surface area contributed by atoms with Gasteiger partial charge in [-0.05, 0) is 48.0 Å². The molecule has 0 saturated carbocycles. The normalized spacial score (nSPS) is 10.8. The molecule has 5 nitrogen and oxygen atoms in total. The minimum Gasteiger partial charge on any atom is -0.383 e. The first-order valence-electron chi connectivity index (χ1n) is 8.00. The molecule has 2 heterocycles. The molecule has 0 amide bonds. The summed E-state index contributed by atoms with van der Waals surface area (Å²) in [5.74, 6) is 1.53. The van der Waals surface area contributed by atoms with Crippen LogP contribution in [-0.4, -0.2) is 14.5 Å². The number of alkyl halides is 1. The van der Waals surface area contributed by atoms with Gasteiger partial charge in [0.15, 0.2) is 0 Å². The zero-order chi connectivity index (χ0) is 18.1. The van der Waals surface area contributed by atoms with E-state index < -0.39 is 0 Å². The Balaban J connectivity index is 2.05. The van der Waals surface area contributed by atoms with Gasteiger partial charge >= 0.3 is 0 Å². The predicted octanol–water partition coefficient (Wildman–Crippen LogP) is 4.28. The Labute approximate surface area is 155 Å². The highest BCUT2D eigenvalue weighted by molar-refractivity contribution is 6.17. The summed E-state index contributed by atoms with van der Waals surface area (Å²) >= 11 is 5.91. The first kappa shape index (κ1) is 16.1. The lowest BCUT2D eigenvalue weighted by Crippen LogP contribution is -2.01. The second-order valence-electron chi connectivity index (χ2n) is 5.82. The second kappa shape index (κ2) is 6.51. The first-order valence-corrected chi connectivity index (χ1v) is 8.53. The summed E-state index contributed by atoms with van der Waals surface area (Å²) in [7, 11) is 0. The lowest BCUT2D eigenvalue weighted by atomic mass is 10.2. The Bertz CT molecular complexity index is 1140. The van der Waals surface area contributed by atoms with Crippen LogP contribution in [0.2, 0.25) is 0 Å². The first-order chi connectivity index (χ1) is 12.7. The van der Waals surface area contributed by atoms with Crippen LogP contribution in [-0.2, 0) is 5.88 Å². The average Bonchev–Trinajstić information content (AvgIpc) is 3.06. The molecule has 0 aliphatic carbocycles. The van der Waals surface area contributed by atoms with Crippen molar-refractivity contribution in [3.8, 4) is 23.1 Å². The minimum absolute atomic E-state index is 0.405. The number of fused-ring (bicyclic) bond motifs is 1. The minimum atomic E-state index is 0.405. The van der Waals surface area contributed by atoms with E-state index in [4.69, 9.17) is 22.3 Å². The summed E-state index contributed by atoms with van der Waals surface area (Å²) < 4.78 is 1.99. The third-order valence-electron chi connectivity index (χ3n) is 4.21. The molecule has 0 saturated heterocycles. The highest BCUT2D eigenvalue weighted by atomic mass is 35.5. The van der Waals surface area contributed by atoms with Gasteiger partial charge in [0, 0.05) is 17.8 Å². The molecule has 0 aliphatic heterocycles. The van der Waals surface area contributed by atoms with Crippen molar-refractivity contribution in [1.29, 1.82) is 5.26 Å². The van der Waals surface area contributed by atoms with Gasteiger partial charge in [-0.2, -0.15) is 5.26 Å². The van der Waals surface area contributed by atoms with E-state index >= 15 is 0 Å². The average molecular weight is 360 g/mol. The highest BCUT2D eigenvalue weighted by Gasteiger charge is 2.17. The van der Waals surface area contributed by atoms with E-state index in [1.165, 1.54) is 0 Å². The Morgan fingerprint density at radius 2 is 1.92 bits per heavy atom.